The molecule has 0 bridgehead atoms. The van der Waals surface area contributed by atoms with Gasteiger partial charge in [-0.25, -0.2) is 0 Å². The molecule has 1 saturated heterocycles. The molecule has 1 aliphatic carbocycles. The van der Waals surface area contributed by atoms with Crippen LogP contribution in [0.3, 0.4) is 0 Å². The van der Waals surface area contributed by atoms with Gasteiger partial charge in [0.05, 0.1) is 0 Å². The SMILES string of the molecule is CC(C)N(C(=O)C1CCN(C(=O)c2ccccc2)CC1)C1CC1. The molecule has 2 aliphatic rings. The molecule has 1 aromatic carbocycles. The van der Waals surface area contributed by atoms with Crippen molar-refractivity contribution in [2.45, 2.75) is 51.6 Å². The topological polar surface area (TPSA) is 40.6 Å². The summed E-state index contributed by atoms with van der Waals surface area (Å²) in [7, 11) is 0. The lowest BCUT2D eigenvalue weighted by Crippen LogP contribution is -2.47. The van der Waals surface area contributed by atoms with Gasteiger partial charge in [0.15, 0.2) is 0 Å². The third-order valence-electron chi connectivity index (χ3n) is 4.90. The van der Waals surface area contributed by atoms with E-state index in [9.17, 15) is 9.59 Å². The number of nitrogens with zero attached hydrogens (tertiary/aromatic N) is 2. The predicted octanol–water partition coefficient (Wildman–Crippen LogP) is 2.94. The Morgan fingerprint density at radius 3 is 2.17 bits per heavy atom. The van der Waals surface area contributed by atoms with Crippen LogP contribution in [0.5, 0.6) is 0 Å². The van der Waals surface area contributed by atoms with E-state index >= 15 is 0 Å². The van der Waals surface area contributed by atoms with Crippen LogP contribution in [0, 0.1) is 5.92 Å². The third kappa shape index (κ3) is 3.57. The van der Waals surface area contributed by atoms with Crippen LogP contribution < -0.4 is 0 Å². The van der Waals surface area contributed by atoms with Crippen LogP contribution in [-0.4, -0.2) is 46.8 Å². The van der Waals surface area contributed by atoms with Crippen molar-refractivity contribution in [3.63, 3.8) is 0 Å². The van der Waals surface area contributed by atoms with Crippen molar-refractivity contribution in [3.8, 4) is 0 Å². The summed E-state index contributed by atoms with van der Waals surface area (Å²) < 4.78 is 0. The quantitative estimate of drug-likeness (QED) is 0.857. The molecule has 0 N–H and O–H groups in total. The minimum Gasteiger partial charge on any atom is -0.339 e. The molecule has 0 aromatic heterocycles. The predicted molar refractivity (Wildman–Crippen MR) is 90.1 cm³/mol. The maximum Gasteiger partial charge on any atom is 0.253 e. The molecule has 1 saturated carbocycles. The zero-order valence-corrected chi connectivity index (χ0v) is 14.1. The summed E-state index contributed by atoms with van der Waals surface area (Å²) >= 11 is 0. The van der Waals surface area contributed by atoms with Crippen molar-refractivity contribution in [2.75, 3.05) is 13.1 Å². The summed E-state index contributed by atoms with van der Waals surface area (Å²) in [5.74, 6) is 0.464. The van der Waals surface area contributed by atoms with E-state index in [1.807, 2.05) is 35.2 Å². The van der Waals surface area contributed by atoms with Gasteiger partial charge in [0, 0.05) is 36.7 Å². The fourth-order valence-corrected chi connectivity index (χ4v) is 3.51. The Hall–Kier alpha value is -1.84. The first-order chi connectivity index (χ1) is 11.1. The van der Waals surface area contributed by atoms with Crippen molar-refractivity contribution in [3.05, 3.63) is 35.9 Å². The Balaban J connectivity index is 1.58. The number of hydrogen-bond acceptors (Lipinski definition) is 2. The van der Waals surface area contributed by atoms with Gasteiger partial charge in [-0.05, 0) is 51.7 Å². The second-order valence-corrected chi connectivity index (χ2v) is 7.00. The number of carbonyl (C=O) groups is 2. The minimum atomic E-state index is 0.0813. The number of likely N-dealkylation sites (tertiary alicyclic amines) is 1. The van der Waals surface area contributed by atoms with Gasteiger partial charge in [-0.2, -0.15) is 0 Å². The van der Waals surface area contributed by atoms with Gasteiger partial charge in [0.2, 0.25) is 5.91 Å². The summed E-state index contributed by atoms with van der Waals surface area (Å²) in [5, 5.41) is 0. The molecule has 4 nitrogen and oxygen atoms in total. The molecule has 23 heavy (non-hydrogen) atoms. The molecule has 3 rings (SSSR count). The van der Waals surface area contributed by atoms with Crippen LogP contribution in [0.2, 0.25) is 0 Å². The maximum atomic E-state index is 12.8. The monoisotopic (exact) mass is 314 g/mol. The number of rotatable bonds is 4. The van der Waals surface area contributed by atoms with Gasteiger partial charge >= 0.3 is 0 Å². The first-order valence-corrected chi connectivity index (χ1v) is 8.74. The Morgan fingerprint density at radius 2 is 1.65 bits per heavy atom. The third-order valence-corrected chi connectivity index (χ3v) is 4.90. The van der Waals surface area contributed by atoms with Crippen molar-refractivity contribution >= 4 is 11.8 Å². The lowest BCUT2D eigenvalue weighted by molar-refractivity contribution is -0.139. The van der Waals surface area contributed by atoms with Gasteiger partial charge < -0.3 is 9.80 Å². The van der Waals surface area contributed by atoms with E-state index in [1.165, 1.54) is 0 Å². The summed E-state index contributed by atoms with van der Waals surface area (Å²) in [5.41, 5.74) is 0.735. The van der Waals surface area contributed by atoms with E-state index in [-0.39, 0.29) is 17.9 Å². The van der Waals surface area contributed by atoms with Crippen molar-refractivity contribution in [1.29, 1.82) is 0 Å². The zero-order valence-electron chi connectivity index (χ0n) is 14.1. The number of amides is 2. The molecule has 2 amide bonds. The van der Waals surface area contributed by atoms with Gasteiger partial charge in [-0.1, -0.05) is 18.2 Å². The van der Waals surface area contributed by atoms with E-state index in [2.05, 4.69) is 18.7 Å². The second-order valence-electron chi connectivity index (χ2n) is 7.00. The molecule has 0 atom stereocenters. The standard InChI is InChI=1S/C19H26N2O2/c1-14(2)21(17-8-9-17)19(23)16-10-12-20(13-11-16)18(22)15-6-4-3-5-7-15/h3-7,14,16-17H,8-13H2,1-2H3. The molecule has 1 heterocycles. The summed E-state index contributed by atoms with van der Waals surface area (Å²) in [6.45, 7) is 5.57. The Bertz CT molecular complexity index is 556. The van der Waals surface area contributed by atoms with E-state index < -0.39 is 0 Å². The van der Waals surface area contributed by atoms with Gasteiger partial charge in [0.25, 0.3) is 5.91 Å². The number of carbonyl (C=O) groups excluding carboxylic acids is 2. The van der Waals surface area contributed by atoms with Crippen LogP contribution in [0.1, 0.15) is 49.9 Å². The molecular formula is C19H26N2O2. The molecule has 4 heteroatoms. The fourth-order valence-electron chi connectivity index (χ4n) is 3.51. The number of benzene rings is 1. The highest BCUT2D eigenvalue weighted by molar-refractivity contribution is 5.94. The highest BCUT2D eigenvalue weighted by Crippen LogP contribution is 2.32. The largest absolute Gasteiger partial charge is 0.339 e. The Labute approximate surface area is 138 Å². The van der Waals surface area contributed by atoms with E-state index in [1.54, 1.807) is 0 Å². The van der Waals surface area contributed by atoms with Crippen LogP contribution in [-0.2, 0) is 4.79 Å². The van der Waals surface area contributed by atoms with E-state index in [0.29, 0.717) is 25.0 Å². The van der Waals surface area contributed by atoms with E-state index in [0.717, 1.165) is 31.2 Å². The zero-order chi connectivity index (χ0) is 16.4. The molecule has 0 unspecified atom stereocenters. The smallest absolute Gasteiger partial charge is 0.253 e. The highest BCUT2D eigenvalue weighted by Gasteiger charge is 2.38. The molecule has 0 spiro atoms. The average molecular weight is 314 g/mol. The average Bonchev–Trinajstić information content (AvgIpc) is 3.39. The molecule has 124 valence electrons. The summed E-state index contributed by atoms with van der Waals surface area (Å²) in [4.78, 5) is 29.2. The first-order valence-electron chi connectivity index (χ1n) is 8.74. The fraction of sp³-hybridized carbons (Fsp3) is 0.579. The van der Waals surface area contributed by atoms with Gasteiger partial charge in [-0.3, -0.25) is 9.59 Å². The second kappa shape index (κ2) is 6.73. The van der Waals surface area contributed by atoms with Crippen LogP contribution in [0.25, 0.3) is 0 Å². The van der Waals surface area contributed by atoms with Crippen LogP contribution >= 0.6 is 0 Å². The summed E-state index contributed by atoms with van der Waals surface area (Å²) in [6, 6.07) is 10.1. The van der Waals surface area contributed by atoms with Gasteiger partial charge in [-0.15, -0.1) is 0 Å². The molecule has 1 aliphatic heterocycles. The van der Waals surface area contributed by atoms with Crippen molar-refractivity contribution < 1.29 is 9.59 Å². The minimum absolute atomic E-state index is 0.0813. The molecule has 0 radical (unpaired) electrons. The van der Waals surface area contributed by atoms with Crippen LogP contribution in [0.15, 0.2) is 30.3 Å². The number of hydrogen-bond donors (Lipinski definition) is 0. The van der Waals surface area contributed by atoms with Gasteiger partial charge in [0.1, 0.15) is 0 Å². The highest BCUT2D eigenvalue weighted by atomic mass is 16.2. The van der Waals surface area contributed by atoms with Crippen molar-refractivity contribution in [1.82, 2.24) is 9.80 Å². The first kappa shape index (κ1) is 16.0. The molecule has 1 aromatic rings. The van der Waals surface area contributed by atoms with Crippen LogP contribution in [0.4, 0.5) is 0 Å². The van der Waals surface area contributed by atoms with Crippen molar-refractivity contribution in [2.24, 2.45) is 5.92 Å². The molecule has 2 fully saturated rings. The lowest BCUT2D eigenvalue weighted by Gasteiger charge is -2.36. The molecular weight excluding hydrogens is 288 g/mol. The normalized spacial score (nSPS) is 19.0. The lowest BCUT2D eigenvalue weighted by atomic mass is 9.94. The van der Waals surface area contributed by atoms with E-state index in [4.69, 9.17) is 0 Å². The summed E-state index contributed by atoms with van der Waals surface area (Å²) in [6.07, 6.45) is 3.87. The Morgan fingerprint density at radius 1 is 1.04 bits per heavy atom. The maximum absolute atomic E-state index is 12.8. The Kier molecular flexibility index (Phi) is 4.69. The number of piperidine rings is 1.